The summed E-state index contributed by atoms with van der Waals surface area (Å²) in [5.74, 6) is -0.151. The summed E-state index contributed by atoms with van der Waals surface area (Å²) in [4.78, 5) is 25.8. The van der Waals surface area contributed by atoms with E-state index in [1.807, 2.05) is 30.3 Å². The van der Waals surface area contributed by atoms with Crippen LogP contribution in [0.1, 0.15) is 5.56 Å². The van der Waals surface area contributed by atoms with E-state index in [-0.39, 0.29) is 17.2 Å². The molecule has 1 N–H and O–H groups in total. The van der Waals surface area contributed by atoms with Gasteiger partial charge in [-0.05, 0) is 36.0 Å². The number of nitrogens with zero attached hydrogens (tertiary/aromatic N) is 1. The predicted octanol–water partition coefficient (Wildman–Crippen LogP) is 1.82. The summed E-state index contributed by atoms with van der Waals surface area (Å²) in [5.41, 5.74) is 1.69. The number of para-hydroxylation sites is 1. The van der Waals surface area contributed by atoms with Gasteiger partial charge in [-0.25, -0.2) is 0 Å². The number of carbonyl (C=O) groups excluding carboxylic acids is 2. The first-order valence-corrected chi connectivity index (χ1v) is 7.43. The minimum atomic E-state index is -0.500. The lowest BCUT2D eigenvalue weighted by Crippen LogP contribution is -2.54. The number of fused-ring (bicyclic) bond motifs is 1. The van der Waals surface area contributed by atoms with Gasteiger partial charge in [-0.1, -0.05) is 24.3 Å². The van der Waals surface area contributed by atoms with E-state index in [0.717, 1.165) is 16.9 Å². The first-order chi connectivity index (χ1) is 11.1. The van der Waals surface area contributed by atoms with Crippen molar-refractivity contribution in [1.82, 2.24) is 10.2 Å². The second-order valence-electron chi connectivity index (χ2n) is 5.07. The number of nitrogens with one attached hydrogen (secondary N) is 1. The highest BCUT2D eigenvalue weighted by atomic mass is 32.1. The maximum atomic E-state index is 12.4. The van der Waals surface area contributed by atoms with E-state index >= 15 is 0 Å². The minimum Gasteiger partial charge on any atom is -0.488 e. The average molecular weight is 326 g/mol. The summed E-state index contributed by atoms with van der Waals surface area (Å²) in [6.45, 7) is 4.13. The maximum absolute atomic E-state index is 12.4. The van der Waals surface area contributed by atoms with Crippen LogP contribution in [-0.2, 0) is 9.59 Å². The maximum Gasteiger partial charge on any atom is 0.265 e. The molecule has 0 spiro atoms. The van der Waals surface area contributed by atoms with E-state index in [1.165, 1.54) is 4.90 Å². The molecule has 2 heterocycles. The van der Waals surface area contributed by atoms with Gasteiger partial charge in [0.25, 0.3) is 11.8 Å². The van der Waals surface area contributed by atoms with Crippen LogP contribution < -0.4 is 10.1 Å². The molecule has 0 unspecified atom stereocenters. The Morgan fingerprint density at radius 1 is 1.35 bits per heavy atom. The Kier molecular flexibility index (Phi) is 4.08. The molecular weight excluding hydrogens is 312 g/mol. The van der Waals surface area contributed by atoms with E-state index in [1.54, 1.807) is 12.2 Å². The summed E-state index contributed by atoms with van der Waals surface area (Å²) in [6, 6.07) is 7.58. The Bertz CT molecular complexity index is 780. The molecule has 0 radical (unpaired) electrons. The quantitative estimate of drug-likeness (QED) is 0.398. The lowest BCUT2D eigenvalue weighted by molar-refractivity contribution is -0.128. The van der Waals surface area contributed by atoms with Crippen molar-refractivity contribution in [2.45, 2.75) is 0 Å². The Morgan fingerprint density at radius 3 is 2.91 bits per heavy atom. The van der Waals surface area contributed by atoms with Gasteiger partial charge in [0.2, 0.25) is 0 Å². The Balaban J connectivity index is 1.94. The van der Waals surface area contributed by atoms with Crippen molar-refractivity contribution >= 4 is 35.2 Å². The molecule has 2 amide bonds. The van der Waals surface area contributed by atoms with E-state index < -0.39 is 11.8 Å². The standard InChI is InChI=1S/C17H14N2O3S/c1-2-7-19-16(21)13(15(20)18-17(19)23)9-11-8-12-5-3-4-6-14(12)22-10-11/h2-6,8-9H,1,7,10H2,(H,18,20,23)/b13-9+. The molecule has 116 valence electrons. The van der Waals surface area contributed by atoms with Crippen molar-refractivity contribution in [3.05, 3.63) is 59.7 Å². The Labute approximate surface area is 138 Å². The number of amides is 2. The molecule has 0 aromatic heterocycles. The van der Waals surface area contributed by atoms with Crippen LogP contribution >= 0.6 is 12.2 Å². The Hall–Kier alpha value is -2.73. The fraction of sp³-hybridized carbons (Fsp3) is 0.118. The molecule has 1 saturated heterocycles. The van der Waals surface area contributed by atoms with E-state index in [9.17, 15) is 9.59 Å². The van der Waals surface area contributed by atoms with Crippen LogP contribution in [0.3, 0.4) is 0 Å². The van der Waals surface area contributed by atoms with Gasteiger partial charge in [0.1, 0.15) is 17.9 Å². The second kappa shape index (κ2) is 6.18. The molecule has 1 aromatic rings. The molecule has 1 fully saturated rings. The highest BCUT2D eigenvalue weighted by Gasteiger charge is 2.32. The number of hydrogen-bond donors (Lipinski definition) is 1. The number of benzene rings is 1. The van der Waals surface area contributed by atoms with Crippen molar-refractivity contribution in [1.29, 1.82) is 0 Å². The molecular formula is C17H14N2O3S. The summed E-state index contributed by atoms with van der Waals surface area (Å²) in [7, 11) is 0. The molecule has 23 heavy (non-hydrogen) atoms. The van der Waals surface area contributed by atoms with E-state index in [4.69, 9.17) is 17.0 Å². The average Bonchev–Trinajstić information content (AvgIpc) is 2.55. The minimum absolute atomic E-state index is 0.0367. The predicted molar refractivity (Wildman–Crippen MR) is 90.6 cm³/mol. The zero-order chi connectivity index (χ0) is 16.4. The van der Waals surface area contributed by atoms with Crippen molar-refractivity contribution < 1.29 is 14.3 Å². The third-order valence-corrected chi connectivity index (χ3v) is 3.80. The van der Waals surface area contributed by atoms with Crippen LogP contribution in [0.25, 0.3) is 6.08 Å². The van der Waals surface area contributed by atoms with Gasteiger partial charge < -0.3 is 4.74 Å². The molecule has 2 aliphatic heterocycles. The molecule has 0 atom stereocenters. The third kappa shape index (κ3) is 2.93. The van der Waals surface area contributed by atoms with Crippen LogP contribution in [0.5, 0.6) is 5.75 Å². The van der Waals surface area contributed by atoms with Crippen LogP contribution in [0.4, 0.5) is 0 Å². The molecule has 2 aliphatic rings. The zero-order valence-electron chi connectivity index (χ0n) is 12.2. The normalized spacial score (nSPS) is 19.0. The van der Waals surface area contributed by atoms with Crippen molar-refractivity contribution in [2.24, 2.45) is 0 Å². The topological polar surface area (TPSA) is 58.6 Å². The highest BCUT2D eigenvalue weighted by Crippen LogP contribution is 2.27. The number of rotatable bonds is 3. The second-order valence-corrected chi connectivity index (χ2v) is 5.45. The highest BCUT2D eigenvalue weighted by molar-refractivity contribution is 7.80. The number of ether oxygens (including phenoxy) is 1. The number of carbonyl (C=O) groups is 2. The summed E-state index contributed by atoms with van der Waals surface area (Å²) >= 11 is 5.01. The van der Waals surface area contributed by atoms with Crippen molar-refractivity contribution in [3.63, 3.8) is 0 Å². The summed E-state index contributed by atoms with van der Waals surface area (Å²) < 4.78 is 5.63. The first kappa shape index (κ1) is 15.2. The Morgan fingerprint density at radius 2 is 2.13 bits per heavy atom. The van der Waals surface area contributed by atoms with Crippen molar-refractivity contribution in [3.8, 4) is 5.75 Å². The molecule has 0 bridgehead atoms. The number of thiocarbonyl (C=S) groups is 1. The number of hydrogen-bond acceptors (Lipinski definition) is 4. The van der Waals surface area contributed by atoms with Crippen molar-refractivity contribution in [2.75, 3.05) is 13.2 Å². The lowest BCUT2D eigenvalue weighted by Gasteiger charge is -2.28. The fourth-order valence-electron chi connectivity index (χ4n) is 2.39. The first-order valence-electron chi connectivity index (χ1n) is 7.02. The largest absolute Gasteiger partial charge is 0.488 e. The zero-order valence-corrected chi connectivity index (χ0v) is 13.1. The van der Waals surface area contributed by atoms with Gasteiger partial charge in [-0.2, -0.15) is 0 Å². The lowest BCUT2D eigenvalue weighted by atomic mass is 10.0. The van der Waals surface area contributed by atoms with Gasteiger partial charge in [-0.15, -0.1) is 6.58 Å². The summed E-state index contributed by atoms with van der Waals surface area (Å²) in [6.07, 6.45) is 5.00. The van der Waals surface area contributed by atoms with Crippen LogP contribution in [0.15, 0.2) is 54.1 Å². The molecule has 0 saturated carbocycles. The van der Waals surface area contributed by atoms with E-state index in [2.05, 4.69) is 11.9 Å². The monoisotopic (exact) mass is 326 g/mol. The molecule has 6 heteroatoms. The van der Waals surface area contributed by atoms with Gasteiger partial charge in [0.05, 0.1) is 0 Å². The van der Waals surface area contributed by atoms with Gasteiger partial charge in [-0.3, -0.25) is 19.8 Å². The van der Waals surface area contributed by atoms with Gasteiger partial charge in [0.15, 0.2) is 5.11 Å². The van der Waals surface area contributed by atoms with Crippen LogP contribution in [0, 0.1) is 0 Å². The smallest absolute Gasteiger partial charge is 0.265 e. The summed E-state index contributed by atoms with van der Waals surface area (Å²) in [5, 5.41) is 2.61. The van der Waals surface area contributed by atoms with E-state index in [0.29, 0.717) is 6.61 Å². The molecule has 5 nitrogen and oxygen atoms in total. The van der Waals surface area contributed by atoms with Crippen LogP contribution in [0.2, 0.25) is 0 Å². The molecule has 1 aromatic carbocycles. The third-order valence-electron chi connectivity index (χ3n) is 3.48. The molecule has 0 aliphatic carbocycles. The van der Waals surface area contributed by atoms with Gasteiger partial charge >= 0.3 is 0 Å². The van der Waals surface area contributed by atoms with Gasteiger partial charge in [0, 0.05) is 12.1 Å². The molecule has 3 rings (SSSR count). The SMILES string of the molecule is C=CCN1C(=O)/C(=C/C2=Cc3ccccc3OC2)C(=O)NC1=S. The van der Waals surface area contributed by atoms with Crippen LogP contribution in [-0.4, -0.2) is 35.0 Å². The fourth-order valence-corrected chi connectivity index (χ4v) is 2.64.